The highest BCUT2D eigenvalue weighted by Crippen LogP contribution is 2.32. The summed E-state index contributed by atoms with van der Waals surface area (Å²) in [5.41, 5.74) is 2.80. The smallest absolute Gasteiger partial charge is 0.416 e. The molecule has 202 valence electrons. The number of benzene rings is 2. The van der Waals surface area contributed by atoms with Crippen LogP contribution in [0.3, 0.4) is 0 Å². The van der Waals surface area contributed by atoms with Gasteiger partial charge in [0.2, 0.25) is 0 Å². The molecule has 0 unspecified atom stereocenters. The highest BCUT2D eigenvalue weighted by atomic mass is 19.4. The second-order valence-corrected chi connectivity index (χ2v) is 9.52. The topological polar surface area (TPSA) is 85.2 Å². The average Bonchev–Trinajstić information content (AvgIpc) is 3.62. The summed E-state index contributed by atoms with van der Waals surface area (Å²) in [6, 6.07) is 10.5. The Bertz CT molecular complexity index is 1490. The minimum atomic E-state index is -4.56. The third-order valence-electron chi connectivity index (χ3n) is 6.64. The lowest BCUT2D eigenvalue weighted by molar-refractivity contribution is -0.137. The lowest BCUT2D eigenvalue weighted by Crippen LogP contribution is -2.20. The lowest BCUT2D eigenvalue weighted by Gasteiger charge is -2.17. The fraction of sp³-hybridized carbons (Fsp3) is 0.286. The number of carbonyl (C=O) groups excluding carboxylic acids is 1. The van der Waals surface area contributed by atoms with Crippen molar-refractivity contribution in [2.45, 2.75) is 32.5 Å². The maximum atomic E-state index is 13.6. The number of amides is 1. The number of aryl methyl sites for hydroxylation is 1. The predicted octanol–water partition coefficient (Wildman–Crippen LogP) is 5.51. The second kappa shape index (κ2) is 10.9. The normalized spacial score (nSPS) is 14.0. The van der Waals surface area contributed by atoms with E-state index in [4.69, 9.17) is 4.74 Å². The Labute approximate surface area is 223 Å². The fourth-order valence-corrected chi connectivity index (χ4v) is 4.60. The van der Waals surface area contributed by atoms with Crippen LogP contribution in [0.5, 0.6) is 5.75 Å². The molecule has 1 amide bonds. The monoisotopic (exact) mass is 536 g/mol. The number of rotatable bonds is 7. The van der Waals surface area contributed by atoms with E-state index in [2.05, 4.69) is 25.5 Å². The fourth-order valence-electron chi connectivity index (χ4n) is 4.60. The van der Waals surface area contributed by atoms with Gasteiger partial charge in [-0.15, -0.1) is 5.10 Å². The summed E-state index contributed by atoms with van der Waals surface area (Å²) in [6.45, 7) is 3.92. The molecule has 0 radical (unpaired) electrons. The second-order valence-electron chi connectivity index (χ2n) is 9.52. The molecule has 1 aliphatic rings. The number of methoxy groups -OCH3 is 1. The van der Waals surface area contributed by atoms with Gasteiger partial charge < -0.3 is 10.1 Å². The Balaban J connectivity index is 1.40. The molecule has 0 saturated carbocycles. The Morgan fingerprint density at radius 2 is 1.87 bits per heavy atom. The zero-order chi connectivity index (χ0) is 27.6. The van der Waals surface area contributed by atoms with Crippen LogP contribution in [0.15, 0.2) is 61.1 Å². The SMILES string of the molecule is COc1cncc(-c2cn(-c3cc(NC(=O)c4cc(CN5CCCC5)cc(C(F)(F)F)c4)ccc3C)nn2)c1. The first-order chi connectivity index (χ1) is 18.7. The Morgan fingerprint density at radius 1 is 1.08 bits per heavy atom. The van der Waals surface area contributed by atoms with Gasteiger partial charge in [-0.3, -0.25) is 14.7 Å². The van der Waals surface area contributed by atoms with Gasteiger partial charge in [-0.2, -0.15) is 13.2 Å². The predicted molar refractivity (Wildman–Crippen MR) is 140 cm³/mol. The highest BCUT2D eigenvalue weighted by Gasteiger charge is 2.32. The van der Waals surface area contributed by atoms with Crippen molar-refractivity contribution in [3.05, 3.63) is 83.3 Å². The molecule has 1 fully saturated rings. The van der Waals surface area contributed by atoms with Gasteiger partial charge >= 0.3 is 6.18 Å². The molecule has 0 aliphatic carbocycles. The van der Waals surface area contributed by atoms with Crippen molar-refractivity contribution in [1.29, 1.82) is 0 Å². The van der Waals surface area contributed by atoms with E-state index in [1.54, 1.807) is 54.6 Å². The number of halogens is 3. The van der Waals surface area contributed by atoms with Crippen molar-refractivity contribution in [1.82, 2.24) is 24.9 Å². The van der Waals surface area contributed by atoms with Gasteiger partial charge in [-0.25, -0.2) is 4.68 Å². The largest absolute Gasteiger partial charge is 0.495 e. The summed E-state index contributed by atoms with van der Waals surface area (Å²) in [5, 5.41) is 11.2. The molecule has 0 atom stereocenters. The third kappa shape index (κ3) is 6.09. The number of hydrogen-bond donors (Lipinski definition) is 1. The van der Waals surface area contributed by atoms with Crippen molar-refractivity contribution in [2.75, 3.05) is 25.5 Å². The summed E-state index contributed by atoms with van der Waals surface area (Å²) in [4.78, 5) is 19.4. The molecule has 2 aromatic heterocycles. The van der Waals surface area contributed by atoms with Gasteiger partial charge in [-0.1, -0.05) is 11.3 Å². The van der Waals surface area contributed by atoms with Crippen LogP contribution in [0.2, 0.25) is 0 Å². The number of anilines is 1. The van der Waals surface area contributed by atoms with Crippen LogP contribution >= 0.6 is 0 Å². The van der Waals surface area contributed by atoms with Crippen LogP contribution in [-0.4, -0.2) is 51.0 Å². The third-order valence-corrected chi connectivity index (χ3v) is 6.64. The van der Waals surface area contributed by atoms with E-state index in [1.165, 1.54) is 6.07 Å². The van der Waals surface area contributed by atoms with E-state index < -0.39 is 17.6 Å². The van der Waals surface area contributed by atoms with Crippen molar-refractivity contribution in [2.24, 2.45) is 0 Å². The van der Waals surface area contributed by atoms with Gasteiger partial charge in [0.05, 0.1) is 30.8 Å². The van der Waals surface area contributed by atoms with Crippen molar-refractivity contribution in [3.63, 3.8) is 0 Å². The molecule has 1 N–H and O–H groups in total. The van der Waals surface area contributed by atoms with Crippen molar-refractivity contribution in [3.8, 4) is 22.7 Å². The number of hydrogen-bond acceptors (Lipinski definition) is 6. The maximum absolute atomic E-state index is 13.6. The zero-order valence-corrected chi connectivity index (χ0v) is 21.5. The van der Waals surface area contributed by atoms with Crippen LogP contribution in [0.25, 0.3) is 16.9 Å². The van der Waals surface area contributed by atoms with Gasteiger partial charge in [0.15, 0.2) is 0 Å². The first kappa shape index (κ1) is 26.4. The minimum Gasteiger partial charge on any atom is -0.495 e. The molecule has 5 rings (SSSR count). The first-order valence-electron chi connectivity index (χ1n) is 12.5. The van der Waals surface area contributed by atoms with E-state index >= 15 is 0 Å². The van der Waals surface area contributed by atoms with E-state index in [0.29, 0.717) is 34.9 Å². The van der Waals surface area contributed by atoms with Crippen molar-refractivity contribution < 1.29 is 22.7 Å². The standard InChI is InChI=1S/C28H27F3N6O2/c1-18-5-6-23(13-26(18)37-17-25(34-35-37)21-12-24(39-2)15-32-14-21)33-27(38)20-9-19(16-36-7-3-4-8-36)10-22(11-20)28(29,30)31/h5-6,9-15,17H,3-4,7-8,16H2,1-2H3,(H,33,38). The summed E-state index contributed by atoms with van der Waals surface area (Å²) in [6.07, 6.45) is 2.44. The summed E-state index contributed by atoms with van der Waals surface area (Å²) in [5.74, 6) is -0.0403. The number of likely N-dealkylation sites (tertiary alicyclic amines) is 1. The van der Waals surface area contributed by atoms with E-state index in [9.17, 15) is 18.0 Å². The van der Waals surface area contributed by atoms with E-state index in [1.807, 2.05) is 6.92 Å². The van der Waals surface area contributed by atoms with Crippen LogP contribution in [-0.2, 0) is 12.7 Å². The molecule has 1 aliphatic heterocycles. The van der Waals surface area contributed by atoms with Gasteiger partial charge in [0.25, 0.3) is 5.91 Å². The van der Waals surface area contributed by atoms with Gasteiger partial charge in [-0.05, 0) is 80.4 Å². The van der Waals surface area contributed by atoms with Crippen LogP contribution < -0.4 is 10.1 Å². The Morgan fingerprint density at radius 3 is 2.62 bits per heavy atom. The molecule has 3 heterocycles. The van der Waals surface area contributed by atoms with Crippen molar-refractivity contribution >= 4 is 11.6 Å². The molecule has 0 spiro atoms. The quantitative estimate of drug-likeness (QED) is 0.335. The maximum Gasteiger partial charge on any atom is 0.416 e. The number of nitrogens with zero attached hydrogens (tertiary/aromatic N) is 5. The number of aromatic nitrogens is 4. The summed E-state index contributed by atoms with van der Waals surface area (Å²) < 4.78 is 47.7. The molecular weight excluding hydrogens is 509 g/mol. The Kier molecular flexibility index (Phi) is 7.34. The number of ether oxygens (including phenoxy) is 1. The average molecular weight is 537 g/mol. The lowest BCUT2D eigenvalue weighted by atomic mass is 10.0. The van der Waals surface area contributed by atoms with Crippen LogP contribution in [0, 0.1) is 6.92 Å². The molecule has 8 nitrogen and oxygen atoms in total. The molecular formula is C28H27F3N6O2. The van der Waals surface area contributed by atoms with E-state index in [-0.39, 0.29) is 5.56 Å². The Hall–Kier alpha value is -4.25. The minimum absolute atomic E-state index is 0.0466. The summed E-state index contributed by atoms with van der Waals surface area (Å²) in [7, 11) is 1.55. The van der Waals surface area contributed by atoms with Crippen LogP contribution in [0.1, 0.15) is 39.9 Å². The van der Waals surface area contributed by atoms with E-state index in [0.717, 1.165) is 49.2 Å². The number of nitrogens with one attached hydrogen (secondary N) is 1. The molecule has 4 aromatic rings. The molecule has 11 heteroatoms. The molecule has 1 saturated heterocycles. The van der Waals surface area contributed by atoms with Gasteiger partial charge in [0, 0.05) is 29.6 Å². The van der Waals surface area contributed by atoms with Gasteiger partial charge in [0.1, 0.15) is 11.4 Å². The number of carbonyl (C=O) groups is 1. The summed E-state index contributed by atoms with van der Waals surface area (Å²) >= 11 is 0. The molecule has 0 bridgehead atoms. The number of pyridine rings is 1. The molecule has 2 aromatic carbocycles. The first-order valence-corrected chi connectivity index (χ1v) is 12.5. The van der Waals surface area contributed by atoms with Crippen LogP contribution in [0.4, 0.5) is 18.9 Å². The molecule has 39 heavy (non-hydrogen) atoms. The number of alkyl halides is 3. The highest BCUT2D eigenvalue weighted by molar-refractivity contribution is 6.04. The zero-order valence-electron chi connectivity index (χ0n) is 21.5.